The zero-order chi connectivity index (χ0) is 23.2. The second-order valence-electron chi connectivity index (χ2n) is 7.50. The van der Waals surface area contributed by atoms with Crippen LogP contribution in [0.15, 0.2) is 83.8 Å². The van der Waals surface area contributed by atoms with Gasteiger partial charge < -0.3 is 10.1 Å². The first-order chi connectivity index (χ1) is 16.0. The fraction of sp³-hybridized carbons (Fsp3) is 0.115. The number of carbonyl (C=O) groups excluding carboxylic acids is 3. The highest BCUT2D eigenvalue weighted by Crippen LogP contribution is 2.34. The van der Waals surface area contributed by atoms with E-state index in [9.17, 15) is 14.4 Å². The Labute approximate surface area is 196 Å². The van der Waals surface area contributed by atoms with Gasteiger partial charge in [0.05, 0.1) is 4.91 Å². The van der Waals surface area contributed by atoms with Gasteiger partial charge in [-0.05, 0) is 54.1 Å². The number of nitrogens with zero attached hydrogens (tertiary/aromatic N) is 1. The molecular weight excluding hydrogens is 436 g/mol. The smallest absolute Gasteiger partial charge is 0.294 e. The maximum Gasteiger partial charge on any atom is 0.294 e. The number of carbonyl (C=O) groups is 3. The number of nitrogens with one attached hydrogen (secondary N) is 1. The molecule has 0 spiro atoms. The normalized spacial score (nSPS) is 14.6. The lowest BCUT2D eigenvalue weighted by Crippen LogP contribution is -2.36. The average Bonchev–Trinajstić information content (AvgIpc) is 3.06. The lowest BCUT2D eigenvalue weighted by Gasteiger charge is -2.13. The Morgan fingerprint density at radius 2 is 1.76 bits per heavy atom. The largest absolute Gasteiger partial charge is 0.488 e. The molecule has 1 heterocycles. The van der Waals surface area contributed by atoms with E-state index in [0.29, 0.717) is 23.6 Å². The van der Waals surface area contributed by atoms with Gasteiger partial charge in [0.1, 0.15) is 18.9 Å². The molecule has 3 amide bonds. The second-order valence-corrected chi connectivity index (χ2v) is 8.49. The van der Waals surface area contributed by atoms with Gasteiger partial charge in [-0.15, -0.1) is 0 Å². The number of thioether (sulfide) groups is 1. The second kappa shape index (κ2) is 10.2. The molecule has 0 saturated carbocycles. The molecule has 6 nitrogen and oxygen atoms in total. The van der Waals surface area contributed by atoms with Crippen LogP contribution in [-0.2, 0) is 16.2 Å². The predicted molar refractivity (Wildman–Crippen MR) is 130 cm³/mol. The van der Waals surface area contributed by atoms with Crippen LogP contribution in [0.2, 0.25) is 0 Å². The standard InChI is InChI=1S/C26H22N2O4S/c1-18-8-7-12-21(14-18)27-24(29)16-28-25(30)23(33-26(28)31)15-20-11-5-6-13-22(20)32-17-19-9-3-2-4-10-19/h2-15H,16-17H2,1H3,(H,27,29)/b23-15-. The van der Waals surface area contributed by atoms with Gasteiger partial charge in [-0.25, -0.2) is 0 Å². The van der Waals surface area contributed by atoms with E-state index in [1.807, 2.05) is 79.7 Å². The van der Waals surface area contributed by atoms with E-state index in [2.05, 4.69) is 5.32 Å². The summed E-state index contributed by atoms with van der Waals surface area (Å²) in [4.78, 5) is 38.9. The molecule has 33 heavy (non-hydrogen) atoms. The van der Waals surface area contributed by atoms with Crippen molar-refractivity contribution in [3.63, 3.8) is 0 Å². The molecule has 1 aliphatic heterocycles. The molecule has 0 bridgehead atoms. The highest BCUT2D eigenvalue weighted by atomic mass is 32.2. The van der Waals surface area contributed by atoms with E-state index in [4.69, 9.17) is 4.74 Å². The van der Waals surface area contributed by atoms with E-state index in [0.717, 1.165) is 27.8 Å². The van der Waals surface area contributed by atoms with Crippen molar-refractivity contribution in [2.24, 2.45) is 0 Å². The predicted octanol–water partition coefficient (Wildman–Crippen LogP) is 5.25. The number of amides is 3. The van der Waals surface area contributed by atoms with E-state index in [1.54, 1.807) is 12.1 Å². The molecule has 166 valence electrons. The molecule has 3 aromatic carbocycles. The Hall–Kier alpha value is -3.84. The third-order valence-corrected chi connectivity index (χ3v) is 5.83. The summed E-state index contributed by atoms with van der Waals surface area (Å²) in [5.74, 6) is -0.330. The maximum absolute atomic E-state index is 12.8. The Morgan fingerprint density at radius 1 is 1.00 bits per heavy atom. The zero-order valence-corrected chi connectivity index (χ0v) is 18.8. The van der Waals surface area contributed by atoms with Crippen LogP contribution in [0.5, 0.6) is 5.75 Å². The molecule has 3 aromatic rings. The van der Waals surface area contributed by atoms with Gasteiger partial charge in [0.15, 0.2) is 0 Å². The molecule has 7 heteroatoms. The van der Waals surface area contributed by atoms with Gasteiger partial charge in [0.25, 0.3) is 11.1 Å². The van der Waals surface area contributed by atoms with E-state index in [-0.39, 0.29) is 11.4 Å². The molecule has 1 saturated heterocycles. The van der Waals surface area contributed by atoms with Crippen molar-refractivity contribution in [3.05, 3.63) is 100 Å². The zero-order valence-electron chi connectivity index (χ0n) is 18.0. The van der Waals surface area contributed by atoms with Crippen molar-refractivity contribution < 1.29 is 19.1 Å². The molecule has 0 atom stereocenters. The van der Waals surface area contributed by atoms with Gasteiger partial charge in [-0.2, -0.15) is 0 Å². The number of benzene rings is 3. The summed E-state index contributed by atoms with van der Waals surface area (Å²) in [5, 5.41) is 2.24. The third-order valence-electron chi connectivity index (χ3n) is 4.92. The molecule has 0 radical (unpaired) electrons. The minimum absolute atomic E-state index is 0.249. The van der Waals surface area contributed by atoms with Gasteiger partial charge in [-0.1, -0.05) is 60.7 Å². The van der Waals surface area contributed by atoms with Crippen LogP contribution in [-0.4, -0.2) is 28.5 Å². The topological polar surface area (TPSA) is 75.7 Å². The SMILES string of the molecule is Cc1cccc(NC(=O)CN2C(=O)S/C(=C\c3ccccc3OCc3ccccc3)C2=O)c1. The Balaban J connectivity index is 1.45. The van der Waals surface area contributed by atoms with Crippen LogP contribution in [0.25, 0.3) is 6.08 Å². The summed E-state index contributed by atoms with van der Waals surface area (Å²) in [7, 11) is 0. The third kappa shape index (κ3) is 5.70. The van der Waals surface area contributed by atoms with E-state index < -0.39 is 17.1 Å². The van der Waals surface area contributed by atoms with Crippen molar-refractivity contribution in [3.8, 4) is 5.75 Å². The lowest BCUT2D eigenvalue weighted by atomic mass is 10.1. The fourth-order valence-electron chi connectivity index (χ4n) is 3.31. The number of imide groups is 1. The average molecular weight is 459 g/mol. The molecule has 1 N–H and O–H groups in total. The van der Waals surface area contributed by atoms with Crippen LogP contribution < -0.4 is 10.1 Å². The van der Waals surface area contributed by atoms with Gasteiger partial charge >= 0.3 is 0 Å². The Bertz CT molecular complexity index is 1220. The lowest BCUT2D eigenvalue weighted by molar-refractivity contribution is -0.127. The minimum atomic E-state index is -0.498. The van der Waals surface area contributed by atoms with Crippen LogP contribution >= 0.6 is 11.8 Å². The molecule has 0 unspecified atom stereocenters. The van der Waals surface area contributed by atoms with Crippen LogP contribution in [0.3, 0.4) is 0 Å². The summed E-state index contributed by atoms with van der Waals surface area (Å²) >= 11 is 0.814. The number of ether oxygens (including phenoxy) is 1. The number of rotatable bonds is 7. The molecule has 0 aliphatic carbocycles. The Kier molecular flexibility index (Phi) is 6.90. The van der Waals surface area contributed by atoms with Gasteiger partial charge in [-0.3, -0.25) is 19.3 Å². The molecule has 1 fully saturated rings. The van der Waals surface area contributed by atoms with Crippen molar-refractivity contribution in [2.75, 3.05) is 11.9 Å². The van der Waals surface area contributed by atoms with Crippen molar-refractivity contribution >= 4 is 40.6 Å². The van der Waals surface area contributed by atoms with Gasteiger partial charge in [0.2, 0.25) is 5.91 Å². The maximum atomic E-state index is 12.8. The highest BCUT2D eigenvalue weighted by molar-refractivity contribution is 8.18. The van der Waals surface area contributed by atoms with Gasteiger partial charge in [0, 0.05) is 11.3 Å². The van der Waals surface area contributed by atoms with E-state index >= 15 is 0 Å². The van der Waals surface area contributed by atoms with Crippen LogP contribution in [0, 0.1) is 6.92 Å². The monoisotopic (exact) mass is 458 g/mol. The Morgan fingerprint density at radius 3 is 2.55 bits per heavy atom. The fourth-order valence-corrected chi connectivity index (χ4v) is 4.14. The van der Waals surface area contributed by atoms with Crippen LogP contribution in [0.4, 0.5) is 10.5 Å². The molecule has 4 rings (SSSR count). The molecular formula is C26H22N2O4S. The summed E-state index contributed by atoms with van der Waals surface area (Å²) in [6, 6.07) is 24.4. The number of anilines is 1. The number of para-hydroxylation sites is 1. The summed E-state index contributed by atoms with van der Waals surface area (Å²) in [6.45, 7) is 1.95. The number of aryl methyl sites for hydroxylation is 1. The number of hydrogen-bond donors (Lipinski definition) is 1. The quantitative estimate of drug-likeness (QED) is 0.490. The van der Waals surface area contributed by atoms with Crippen molar-refractivity contribution in [2.45, 2.75) is 13.5 Å². The number of hydrogen-bond acceptors (Lipinski definition) is 5. The minimum Gasteiger partial charge on any atom is -0.488 e. The molecule has 0 aromatic heterocycles. The molecule has 1 aliphatic rings. The summed E-state index contributed by atoms with van der Waals surface area (Å²) < 4.78 is 5.94. The van der Waals surface area contributed by atoms with Crippen molar-refractivity contribution in [1.82, 2.24) is 4.90 Å². The first-order valence-electron chi connectivity index (χ1n) is 10.4. The van der Waals surface area contributed by atoms with Crippen molar-refractivity contribution in [1.29, 1.82) is 0 Å². The summed E-state index contributed by atoms with van der Waals surface area (Å²) in [6.07, 6.45) is 1.63. The highest BCUT2D eigenvalue weighted by Gasteiger charge is 2.36. The summed E-state index contributed by atoms with van der Waals surface area (Å²) in [5.41, 5.74) is 3.32. The first-order valence-corrected chi connectivity index (χ1v) is 11.2. The van der Waals surface area contributed by atoms with Crippen LogP contribution in [0.1, 0.15) is 16.7 Å². The van der Waals surface area contributed by atoms with E-state index in [1.165, 1.54) is 0 Å². The first kappa shape index (κ1) is 22.4.